The molecule has 0 atom stereocenters. The minimum atomic E-state index is 0.0810. The molecule has 0 N–H and O–H groups in total. The fourth-order valence-electron chi connectivity index (χ4n) is 3.26. The van der Waals surface area contributed by atoms with Gasteiger partial charge in [-0.1, -0.05) is 17.3 Å². The molecule has 0 saturated carbocycles. The molecule has 27 heavy (non-hydrogen) atoms. The lowest BCUT2D eigenvalue weighted by Gasteiger charge is -2.34. The summed E-state index contributed by atoms with van der Waals surface area (Å²) < 4.78 is 7.03. The van der Waals surface area contributed by atoms with Gasteiger partial charge in [0.05, 0.1) is 18.8 Å². The highest BCUT2D eigenvalue weighted by molar-refractivity contribution is 5.94. The van der Waals surface area contributed by atoms with Crippen molar-refractivity contribution in [1.82, 2.24) is 29.7 Å². The van der Waals surface area contributed by atoms with E-state index in [2.05, 4.69) is 20.1 Å². The van der Waals surface area contributed by atoms with Crippen LogP contribution in [0.1, 0.15) is 27.4 Å². The van der Waals surface area contributed by atoms with E-state index < -0.39 is 0 Å². The number of hydrogen-bond acceptors (Lipinski definition) is 6. The first-order chi connectivity index (χ1) is 13.2. The van der Waals surface area contributed by atoms with Crippen molar-refractivity contribution in [3.8, 4) is 0 Å². The minimum absolute atomic E-state index is 0.0810. The SMILES string of the molecule is Cc1cc(CN2CCN(C(=O)c3ccc(Cn4cncn4)cc3)CC2)on1. The molecule has 1 amide bonds. The van der Waals surface area contributed by atoms with E-state index in [-0.39, 0.29) is 5.91 Å². The van der Waals surface area contributed by atoms with Gasteiger partial charge in [-0.3, -0.25) is 9.69 Å². The third-order valence-corrected chi connectivity index (χ3v) is 4.73. The maximum Gasteiger partial charge on any atom is 0.253 e. The maximum atomic E-state index is 12.7. The summed E-state index contributed by atoms with van der Waals surface area (Å²) in [6.07, 6.45) is 3.19. The topological polar surface area (TPSA) is 80.3 Å². The molecular weight excluding hydrogens is 344 g/mol. The first-order valence-corrected chi connectivity index (χ1v) is 9.02. The molecule has 0 spiro atoms. The van der Waals surface area contributed by atoms with E-state index >= 15 is 0 Å². The normalized spacial score (nSPS) is 15.2. The first-order valence-electron chi connectivity index (χ1n) is 9.02. The summed E-state index contributed by atoms with van der Waals surface area (Å²) in [5.74, 6) is 0.952. The molecule has 2 aromatic heterocycles. The van der Waals surface area contributed by atoms with Crippen LogP contribution in [0.3, 0.4) is 0 Å². The molecule has 1 aliphatic rings. The standard InChI is InChI=1S/C19H22N6O2/c1-15-10-18(27-22-15)12-23-6-8-24(9-7-23)19(26)17-4-2-16(3-5-17)11-25-14-20-13-21-25/h2-5,10,13-14H,6-9,11-12H2,1H3. The molecule has 3 heterocycles. The fraction of sp³-hybridized carbons (Fsp3) is 0.368. The average Bonchev–Trinajstić information content (AvgIpc) is 3.34. The molecule has 3 aromatic rings. The molecular formula is C19H22N6O2. The van der Waals surface area contributed by atoms with Crippen molar-refractivity contribution in [3.63, 3.8) is 0 Å². The minimum Gasteiger partial charge on any atom is -0.360 e. The van der Waals surface area contributed by atoms with Gasteiger partial charge in [0.2, 0.25) is 0 Å². The van der Waals surface area contributed by atoms with Gasteiger partial charge < -0.3 is 9.42 Å². The monoisotopic (exact) mass is 366 g/mol. The molecule has 1 aliphatic heterocycles. The zero-order valence-electron chi connectivity index (χ0n) is 15.3. The second-order valence-corrected chi connectivity index (χ2v) is 6.79. The predicted molar refractivity (Wildman–Crippen MR) is 98.0 cm³/mol. The number of nitrogens with zero attached hydrogens (tertiary/aromatic N) is 6. The van der Waals surface area contributed by atoms with Crippen molar-refractivity contribution in [3.05, 3.63) is 65.6 Å². The van der Waals surface area contributed by atoms with Crippen LogP contribution in [-0.4, -0.2) is 61.8 Å². The Labute approximate surface area is 157 Å². The summed E-state index contributed by atoms with van der Waals surface area (Å²) >= 11 is 0. The van der Waals surface area contributed by atoms with E-state index in [1.807, 2.05) is 42.2 Å². The number of hydrogen-bond donors (Lipinski definition) is 0. The number of carbonyl (C=O) groups is 1. The molecule has 0 bridgehead atoms. The number of aromatic nitrogens is 4. The van der Waals surface area contributed by atoms with Crippen LogP contribution in [0.15, 0.2) is 47.5 Å². The number of rotatable bonds is 5. The van der Waals surface area contributed by atoms with E-state index in [0.29, 0.717) is 19.6 Å². The van der Waals surface area contributed by atoms with Gasteiger partial charge >= 0.3 is 0 Å². The lowest BCUT2D eigenvalue weighted by molar-refractivity contribution is 0.0617. The second-order valence-electron chi connectivity index (χ2n) is 6.79. The average molecular weight is 366 g/mol. The van der Waals surface area contributed by atoms with E-state index in [9.17, 15) is 4.79 Å². The van der Waals surface area contributed by atoms with Crippen LogP contribution < -0.4 is 0 Å². The summed E-state index contributed by atoms with van der Waals surface area (Å²) in [4.78, 5) is 20.9. The quantitative estimate of drug-likeness (QED) is 0.682. The van der Waals surface area contributed by atoms with Crippen LogP contribution in [0.2, 0.25) is 0 Å². The number of amides is 1. The van der Waals surface area contributed by atoms with Gasteiger partial charge in [-0.25, -0.2) is 9.67 Å². The summed E-state index contributed by atoms with van der Waals surface area (Å²) in [5, 5.41) is 8.02. The lowest BCUT2D eigenvalue weighted by atomic mass is 10.1. The van der Waals surface area contributed by atoms with Gasteiger partial charge in [-0.15, -0.1) is 0 Å². The van der Waals surface area contributed by atoms with E-state index in [4.69, 9.17) is 4.52 Å². The van der Waals surface area contributed by atoms with Crippen molar-refractivity contribution in [2.24, 2.45) is 0 Å². The summed E-state index contributed by atoms with van der Waals surface area (Å²) in [6.45, 7) is 6.39. The van der Waals surface area contributed by atoms with Crippen molar-refractivity contribution in [2.45, 2.75) is 20.0 Å². The van der Waals surface area contributed by atoms with Crippen LogP contribution in [0.4, 0.5) is 0 Å². The summed E-state index contributed by atoms with van der Waals surface area (Å²) in [5.41, 5.74) is 2.70. The van der Waals surface area contributed by atoms with Crippen LogP contribution in [0.5, 0.6) is 0 Å². The van der Waals surface area contributed by atoms with Crippen molar-refractivity contribution < 1.29 is 9.32 Å². The Morgan fingerprint density at radius 3 is 2.52 bits per heavy atom. The van der Waals surface area contributed by atoms with Gasteiger partial charge in [0.1, 0.15) is 12.7 Å². The predicted octanol–water partition coefficient (Wildman–Crippen LogP) is 1.58. The largest absolute Gasteiger partial charge is 0.360 e. The number of carbonyl (C=O) groups excluding carboxylic acids is 1. The maximum absolute atomic E-state index is 12.7. The fourth-order valence-corrected chi connectivity index (χ4v) is 3.26. The molecule has 1 saturated heterocycles. The molecule has 0 radical (unpaired) electrons. The van der Waals surface area contributed by atoms with Crippen LogP contribution in [0, 0.1) is 6.92 Å². The number of piperazine rings is 1. The number of aryl methyl sites for hydroxylation is 1. The Morgan fingerprint density at radius 2 is 1.89 bits per heavy atom. The molecule has 8 nitrogen and oxygen atoms in total. The van der Waals surface area contributed by atoms with Gasteiger partial charge in [0.25, 0.3) is 5.91 Å². The lowest BCUT2D eigenvalue weighted by Crippen LogP contribution is -2.48. The second kappa shape index (κ2) is 7.71. The Balaban J connectivity index is 1.31. The molecule has 8 heteroatoms. The Hall–Kier alpha value is -3.00. The van der Waals surface area contributed by atoms with Crippen molar-refractivity contribution >= 4 is 5.91 Å². The van der Waals surface area contributed by atoms with E-state index in [1.165, 1.54) is 6.33 Å². The Morgan fingerprint density at radius 1 is 1.11 bits per heavy atom. The zero-order valence-corrected chi connectivity index (χ0v) is 15.3. The van der Waals surface area contributed by atoms with Gasteiger partial charge in [-0.2, -0.15) is 5.10 Å². The third kappa shape index (κ3) is 4.22. The van der Waals surface area contributed by atoms with Crippen molar-refractivity contribution in [2.75, 3.05) is 26.2 Å². The highest BCUT2D eigenvalue weighted by atomic mass is 16.5. The van der Waals surface area contributed by atoms with Crippen molar-refractivity contribution in [1.29, 1.82) is 0 Å². The molecule has 1 fully saturated rings. The highest BCUT2D eigenvalue weighted by Gasteiger charge is 2.22. The van der Waals surface area contributed by atoms with E-state index in [0.717, 1.165) is 42.2 Å². The smallest absolute Gasteiger partial charge is 0.253 e. The van der Waals surface area contributed by atoms with Gasteiger partial charge in [-0.05, 0) is 24.6 Å². The molecule has 0 aliphatic carbocycles. The molecule has 0 unspecified atom stereocenters. The van der Waals surface area contributed by atoms with Crippen LogP contribution in [0.25, 0.3) is 0 Å². The van der Waals surface area contributed by atoms with Crippen LogP contribution in [-0.2, 0) is 13.1 Å². The Kier molecular flexibility index (Phi) is 4.97. The zero-order chi connectivity index (χ0) is 18.6. The highest BCUT2D eigenvalue weighted by Crippen LogP contribution is 2.13. The number of benzene rings is 1. The third-order valence-electron chi connectivity index (χ3n) is 4.73. The first kappa shape index (κ1) is 17.4. The molecule has 4 rings (SSSR count). The summed E-state index contributed by atoms with van der Waals surface area (Å²) in [7, 11) is 0. The van der Waals surface area contributed by atoms with Gasteiger partial charge in [0.15, 0.2) is 5.76 Å². The molecule has 1 aromatic carbocycles. The van der Waals surface area contributed by atoms with Gasteiger partial charge in [0, 0.05) is 37.8 Å². The molecule has 140 valence electrons. The Bertz CT molecular complexity index is 879. The van der Waals surface area contributed by atoms with Crippen LogP contribution >= 0.6 is 0 Å². The summed E-state index contributed by atoms with van der Waals surface area (Å²) in [6, 6.07) is 9.67. The van der Waals surface area contributed by atoms with E-state index in [1.54, 1.807) is 11.0 Å².